The van der Waals surface area contributed by atoms with E-state index in [1.54, 1.807) is 0 Å². The molecule has 8 nitrogen and oxygen atoms in total. The summed E-state index contributed by atoms with van der Waals surface area (Å²) < 4.78 is 9.26. The maximum absolute atomic E-state index is 11.1. The van der Waals surface area contributed by atoms with Crippen LogP contribution in [-0.2, 0) is 28.7 Å². The molecule has 2 rings (SSSR count). The molecule has 8 heteroatoms. The molecule has 148 valence electrons. The van der Waals surface area contributed by atoms with Crippen molar-refractivity contribution in [3.63, 3.8) is 0 Å². The highest BCUT2D eigenvalue weighted by atomic mass is 16.5. The van der Waals surface area contributed by atoms with Crippen LogP contribution in [0.15, 0.2) is 0 Å². The highest BCUT2D eigenvalue weighted by Crippen LogP contribution is 2.29. The van der Waals surface area contributed by atoms with Crippen LogP contribution in [0.2, 0.25) is 0 Å². The average Bonchev–Trinajstić information content (AvgIpc) is 2.67. The van der Waals surface area contributed by atoms with E-state index in [1.165, 1.54) is 14.2 Å². The fraction of sp³-hybridized carbons (Fsp3) is 0.778. The topological polar surface area (TPSA) is 139 Å². The molecule has 0 heterocycles. The van der Waals surface area contributed by atoms with E-state index in [9.17, 15) is 19.2 Å². The minimum atomic E-state index is -0.247. The molecule has 2 saturated carbocycles. The third kappa shape index (κ3) is 6.65. The Labute approximate surface area is 153 Å². The van der Waals surface area contributed by atoms with Crippen LogP contribution < -0.4 is 11.5 Å². The number of carbonyl (C=O) groups is 4. The van der Waals surface area contributed by atoms with E-state index in [0.29, 0.717) is 0 Å². The monoisotopic (exact) mass is 370 g/mol. The highest BCUT2D eigenvalue weighted by molar-refractivity contribution is 5.78. The molecule has 0 aliphatic heterocycles. The Morgan fingerprint density at radius 3 is 1.00 bits per heavy atom. The third-order valence-corrected chi connectivity index (χ3v) is 5.33. The minimum absolute atomic E-state index is 0.0272. The number of methoxy groups -OCH3 is 2. The van der Waals surface area contributed by atoms with E-state index >= 15 is 0 Å². The van der Waals surface area contributed by atoms with Gasteiger partial charge in [-0.15, -0.1) is 0 Å². The first-order valence-electron chi connectivity index (χ1n) is 9.04. The molecule has 0 bridgehead atoms. The maximum atomic E-state index is 11.1. The molecule has 2 aliphatic rings. The summed E-state index contributed by atoms with van der Waals surface area (Å²) in [4.78, 5) is 43.8. The van der Waals surface area contributed by atoms with Crippen molar-refractivity contribution in [1.29, 1.82) is 0 Å². The lowest BCUT2D eigenvalue weighted by Crippen LogP contribution is -2.30. The van der Waals surface area contributed by atoms with Gasteiger partial charge < -0.3 is 20.9 Å². The van der Waals surface area contributed by atoms with Gasteiger partial charge in [-0.3, -0.25) is 19.2 Å². The number of nitrogens with two attached hydrogens (primary N) is 2. The van der Waals surface area contributed by atoms with Crippen molar-refractivity contribution in [2.75, 3.05) is 14.2 Å². The molecule has 0 radical (unpaired) electrons. The van der Waals surface area contributed by atoms with Gasteiger partial charge in [-0.1, -0.05) is 0 Å². The van der Waals surface area contributed by atoms with Gasteiger partial charge in [0.1, 0.15) is 0 Å². The van der Waals surface area contributed by atoms with Crippen LogP contribution in [0.5, 0.6) is 0 Å². The Morgan fingerprint density at radius 1 is 0.577 bits per heavy atom. The number of carbonyl (C=O) groups excluding carboxylic acids is 4. The number of ether oxygens (including phenoxy) is 2. The van der Waals surface area contributed by atoms with E-state index in [1.807, 2.05) is 0 Å². The molecular formula is C18H30N2O6. The second-order valence-corrected chi connectivity index (χ2v) is 6.95. The Hall–Kier alpha value is -2.12. The van der Waals surface area contributed by atoms with Gasteiger partial charge in [-0.2, -0.15) is 0 Å². The zero-order chi connectivity index (χ0) is 19.7. The lowest BCUT2D eigenvalue weighted by Gasteiger charge is -2.24. The van der Waals surface area contributed by atoms with Crippen LogP contribution in [0.1, 0.15) is 51.4 Å². The van der Waals surface area contributed by atoms with E-state index in [4.69, 9.17) is 11.5 Å². The number of primary amides is 2. The van der Waals surface area contributed by atoms with Crippen LogP contribution in [0, 0.1) is 23.7 Å². The molecule has 0 unspecified atom stereocenters. The zero-order valence-electron chi connectivity index (χ0n) is 15.6. The molecule has 26 heavy (non-hydrogen) atoms. The lowest BCUT2D eigenvalue weighted by atomic mass is 9.82. The summed E-state index contributed by atoms with van der Waals surface area (Å²) in [6.45, 7) is 0. The van der Waals surface area contributed by atoms with Gasteiger partial charge in [0.15, 0.2) is 0 Å². The smallest absolute Gasteiger partial charge is 0.308 e. The van der Waals surface area contributed by atoms with Crippen molar-refractivity contribution in [3.05, 3.63) is 0 Å². The Kier molecular flexibility index (Phi) is 9.09. The molecule has 2 fully saturated rings. The van der Waals surface area contributed by atoms with E-state index in [2.05, 4.69) is 9.47 Å². The summed E-state index contributed by atoms with van der Waals surface area (Å²) >= 11 is 0. The van der Waals surface area contributed by atoms with Crippen LogP contribution in [0.3, 0.4) is 0 Å². The first kappa shape index (κ1) is 21.9. The summed E-state index contributed by atoms with van der Waals surface area (Å²) in [5.74, 6) is -0.958. The predicted molar refractivity (Wildman–Crippen MR) is 93.3 cm³/mol. The van der Waals surface area contributed by atoms with Gasteiger partial charge >= 0.3 is 11.9 Å². The average molecular weight is 370 g/mol. The Morgan fingerprint density at radius 2 is 0.808 bits per heavy atom. The summed E-state index contributed by atoms with van der Waals surface area (Å²) in [5, 5.41) is 0. The molecule has 0 spiro atoms. The van der Waals surface area contributed by atoms with Gasteiger partial charge in [-0.25, -0.2) is 0 Å². The third-order valence-electron chi connectivity index (χ3n) is 5.33. The molecule has 0 aromatic carbocycles. The lowest BCUT2D eigenvalue weighted by molar-refractivity contribution is -0.148. The molecular weight excluding hydrogens is 340 g/mol. The van der Waals surface area contributed by atoms with Gasteiger partial charge in [0.2, 0.25) is 11.8 Å². The summed E-state index contributed by atoms with van der Waals surface area (Å²) in [6.07, 6.45) is 5.76. The summed E-state index contributed by atoms with van der Waals surface area (Å²) in [7, 11) is 2.78. The SMILES string of the molecule is COC(=O)C1CCC(C(N)=O)CC1.COC(=O)C1CCC(C(N)=O)CC1. The predicted octanol–water partition coefficient (Wildman–Crippen LogP) is 0.902. The molecule has 4 N–H and O–H groups in total. The molecule has 2 aliphatic carbocycles. The van der Waals surface area contributed by atoms with Crippen LogP contribution in [-0.4, -0.2) is 38.0 Å². The highest BCUT2D eigenvalue weighted by Gasteiger charge is 2.30. The van der Waals surface area contributed by atoms with Crippen molar-refractivity contribution in [1.82, 2.24) is 0 Å². The fourth-order valence-corrected chi connectivity index (χ4v) is 3.56. The molecule has 0 saturated heterocycles. The first-order chi connectivity index (χ1) is 12.3. The van der Waals surface area contributed by atoms with Crippen LogP contribution >= 0.6 is 0 Å². The van der Waals surface area contributed by atoms with Crippen molar-refractivity contribution in [3.8, 4) is 0 Å². The standard InChI is InChI=1S/2C9H15NO3/c2*1-13-9(12)7-4-2-6(3-5-7)8(10)11/h2*6-7H,2-5H2,1H3,(H2,10,11). The van der Waals surface area contributed by atoms with Crippen LogP contribution in [0.4, 0.5) is 0 Å². The summed E-state index contributed by atoms with van der Waals surface area (Å²) in [5.41, 5.74) is 10.3. The quantitative estimate of drug-likeness (QED) is 0.705. The van der Waals surface area contributed by atoms with Crippen molar-refractivity contribution in [2.45, 2.75) is 51.4 Å². The second-order valence-electron chi connectivity index (χ2n) is 6.95. The molecule has 0 aromatic rings. The van der Waals surface area contributed by atoms with E-state index in [-0.39, 0.29) is 47.4 Å². The number of amides is 2. The largest absolute Gasteiger partial charge is 0.469 e. The number of hydrogen-bond donors (Lipinski definition) is 2. The van der Waals surface area contributed by atoms with Gasteiger partial charge in [-0.05, 0) is 51.4 Å². The Bertz CT molecular complexity index is 460. The molecule has 0 aromatic heterocycles. The molecule has 2 amide bonds. The van der Waals surface area contributed by atoms with Gasteiger partial charge in [0.05, 0.1) is 26.1 Å². The normalized spacial score (nSPS) is 28.1. The number of esters is 2. The number of rotatable bonds is 4. The van der Waals surface area contributed by atoms with Crippen molar-refractivity contribution >= 4 is 23.8 Å². The van der Waals surface area contributed by atoms with Gasteiger partial charge in [0.25, 0.3) is 0 Å². The second kappa shape index (κ2) is 10.8. The van der Waals surface area contributed by atoms with Crippen molar-refractivity contribution < 1.29 is 28.7 Å². The molecule has 0 atom stereocenters. The zero-order valence-corrected chi connectivity index (χ0v) is 15.6. The Balaban J connectivity index is 0.000000260. The fourth-order valence-electron chi connectivity index (χ4n) is 3.56. The minimum Gasteiger partial charge on any atom is -0.469 e. The summed E-state index contributed by atoms with van der Waals surface area (Å²) in [6, 6.07) is 0. The number of hydrogen-bond acceptors (Lipinski definition) is 6. The first-order valence-corrected chi connectivity index (χ1v) is 9.04. The maximum Gasteiger partial charge on any atom is 0.308 e. The van der Waals surface area contributed by atoms with E-state index < -0.39 is 0 Å². The van der Waals surface area contributed by atoms with Crippen LogP contribution in [0.25, 0.3) is 0 Å². The van der Waals surface area contributed by atoms with Gasteiger partial charge in [0, 0.05) is 11.8 Å². The van der Waals surface area contributed by atoms with Crippen molar-refractivity contribution in [2.24, 2.45) is 35.1 Å². The van der Waals surface area contributed by atoms with E-state index in [0.717, 1.165) is 51.4 Å².